The molecule has 1 spiro atoms. The van der Waals surface area contributed by atoms with Gasteiger partial charge >= 0.3 is 0 Å². The van der Waals surface area contributed by atoms with Crippen LogP contribution in [-0.4, -0.2) is 81.2 Å². The lowest BCUT2D eigenvalue weighted by Gasteiger charge is -2.39. The van der Waals surface area contributed by atoms with Gasteiger partial charge in [0.2, 0.25) is 11.8 Å². The summed E-state index contributed by atoms with van der Waals surface area (Å²) >= 11 is 6.06. The summed E-state index contributed by atoms with van der Waals surface area (Å²) in [6.07, 6.45) is 4.42. The fourth-order valence-electron chi connectivity index (χ4n) is 5.29. The lowest BCUT2D eigenvalue weighted by Crippen LogP contribution is -2.44. The first-order chi connectivity index (χ1) is 18.2. The van der Waals surface area contributed by atoms with E-state index in [1.807, 2.05) is 22.8 Å². The van der Waals surface area contributed by atoms with Crippen molar-refractivity contribution in [2.75, 3.05) is 54.6 Å². The number of carbonyl (C=O) groups is 2. The van der Waals surface area contributed by atoms with Crippen molar-refractivity contribution in [1.29, 1.82) is 0 Å². The summed E-state index contributed by atoms with van der Waals surface area (Å²) in [6.45, 7) is 4.44. The Balaban J connectivity index is 1.41. The lowest BCUT2D eigenvalue weighted by atomic mass is 9.77. The van der Waals surface area contributed by atoms with E-state index in [-0.39, 0.29) is 22.4 Å². The molecule has 3 heterocycles. The molecular weight excluding hydrogens is 510 g/mol. The smallest absolute Gasteiger partial charge is 0.254 e. The molecule has 0 saturated carbocycles. The van der Waals surface area contributed by atoms with Crippen LogP contribution < -0.4 is 18.9 Å². The minimum atomic E-state index is -0.0870. The van der Waals surface area contributed by atoms with Gasteiger partial charge in [-0.2, -0.15) is 0 Å². The molecule has 2 aliphatic heterocycles. The molecule has 0 aliphatic carbocycles. The SMILES string of the molecule is COc1cc(C(=O)N2CCC3(CCN(C(=O)C(C)=Cc4cc(OC)c(OC)cc4OC)C3)CC2)cc(Cl)n1. The van der Waals surface area contributed by atoms with Crippen molar-refractivity contribution < 1.29 is 28.5 Å². The molecule has 4 rings (SSSR count). The molecule has 0 radical (unpaired) electrons. The molecule has 204 valence electrons. The monoisotopic (exact) mass is 543 g/mol. The number of ether oxygens (including phenoxy) is 4. The number of nitrogens with zero attached hydrogens (tertiary/aromatic N) is 3. The number of pyridine rings is 1. The minimum Gasteiger partial charge on any atom is -0.496 e. The van der Waals surface area contributed by atoms with Crippen LogP contribution in [0.1, 0.15) is 42.1 Å². The third-order valence-corrected chi connectivity index (χ3v) is 7.70. The van der Waals surface area contributed by atoms with Gasteiger partial charge < -0.3 is 28.7 Å². The molecule has 0 unspecified atom stereocenters. The molecular formula is C28H34ClN3O6. The van der Waals surface area contributed by atoms with Crippen molar-refractivity contribution in [2.45, 2.75) is 26.2 Å². The van der Waals surface area contributed by atoms with E-state index >= 15 is 0 Å². The molecule has 1 aromatic heterocycles. The second kappa shape index (κ2) is 11.5. The van der Waals surface area contributed by atoms with Gasteiger partial charge in [-0.3, -0.25) is 9.59 Å². The Morgan fingerprint density at radius 2 is 1.47 bits per heavy atom. The summed E-state index contributed by atoms with van der Waals surface area (Å²) in [5, 5.41) is 0.222. The van der Waals surface area contributed by atoms with Gasteiger partial charge in [0.15, 0.2) is 11.5 Å². The maximum Gasteiger partial charge on any atom is 0.254 e. The van der Waals surface area contributed by atoms with E-state index in [0.717, 1.165) is 24.8 Å². The Kier molecular flexibility index (Phi) is 8.35. The molecule has 9 nitrogen and oxygen atoms in total. The zero-order chi connectivity index (χ0) is 27.4. The summed E-state index contributed by atoms with van der Waals surface area (Å²) in [7, 11) is 6.21. The van der Waals surface area contributed by atoms with Gasteiger partial charge in [-0.25, -0.2) is 4.98 Å². The largest absolute Gasteiger partial charge is 0.496 e. The van der Waals surface area contributed by atoms with Gasteiger partial charge in [0, 0.05) is 55.0 Å². The third kappa shape index (κ3) is 5.67. The van der Waals surface area contributed by atoms with Crippen LogP contribution in [0.15, 0.2) is 29.8 Å². The average molecular weight is 544 g/mol. The number of methoxy groups -OCH3 is 4. The van der Waals surface area contributed by atoms with E-state index < -0.39 is 0 Å². The number of halogens is 1. The van der Waals surface area contributed by atoms with Crippen molar-refractivity contribution in [3.05, 3.63) is 46.1 Å². The van der Waals surface area contributed by atoms with Crippen LogP contribution in [0.25, 0.3) is 6.08 Å². The lowest BCUT2D eigenvalue weighted by molar-refractivity contribution is -0.126. The van der Waals surface area contributed by atoms with Gasteiger partial charge in [0.1, 0.15) is 10.9 Å². The van der Waals surface area contributed by atoms with Crippen molar-refractivity contribution in [3.63, 3.8) is 0 Å². The molecule has 0 atom stereocenters. The van der Waals surface area contributed by atoms with E-state index in [2.05, 4.69) is 4.98 Å². The fraction of sp³-hybridized carbons (Fsp3) is 0.464. The van der Waals surface area contributed by atoms with Crippen molar-refractivity contribution in [2.24, 2.45) is 5.41 Å². The zero-order valence-electron chi connectivity index (χ0n) is 22.5. The van der Waals surface area contributed by atoms with Gasteiger partial charge in [-0.1, -0.05) is 11.6 Å². The average Bonchev–Trinajstić information content (AvgIpc) is 3.34. The van der Waals surface area contributed by atoms with E-state index in [1.54, 1.807) is 45.6 Å². The Hall–Kier alpha value is -3.46. The first kappa shape index (κ1) is 27.6. The Bertz CT molecular complexity index is 1240. The molecule has 2 fully saturated rings. The summed E-state index contributed by atoms with van der Waals surface area (Å²) in [6, 6.07) is 6.73. The highest BCUT2D eigenvalue weighted by molar-refractivity contribution is 6.29. The summed E-state index contributed by atoms with van der Waals surface area (Å²) < 4.78 is 21.4. The number of likely N-dealkylation sites (tertiary alicyclic amines) is 2. The minimum absolute atomic E-state index is 0.00394. The fourth-order valence-corrected chi connectivity index (χ4v) is 5.50. The molecule has 10 heteroatoms. The normalized spacial score (nSPS) is 16.9. The number of hydrogen-bond acceptors (Lipinski definition) is 7. The highest BCUT2D eigenvalue weighted by Gasteiger charge is 2.43. The first-order valence-electron chi connectivity index (χ1n) is 12.5. The number of carbonyl (C=O) groups excluding carboxylic acids is 2. The molecule has 38 heavy (non-hydrogen) atoms. The number of amides is 2. The topological polar surface area (TPSA) is 90.4 Å². The first-order valence-corrected chi connectivity index (χ1v) is 12.9. The predicted octanol–water partition coefficient (Wildman–Crippen LogP) is 4.33. The quantitative estimate of drug-likeness (QED) is 0.379. The number of piperidine rings is 1. The molecule has 2 saturated heterocycles. The van der Waals surface area contributed by atoms with E-state index in [4.69, 9.17) is 30.5 Å². The maximum atomic E-state index is 13.4. The second-order valence-corrected chi connectivity index (χ2v) is 10.2. The predicted molar refractivity (Wildman–Crippen MR) is 144 cm³/mol. The van der Waals surface area contributed by atoms with E-state index in [1.165, 1.54) is 7.11 Å². The second-order valence-electron chi connectivity index (χ2n) is 9.77. The summed E-state index contributed by atoms with van der Waals surface area (Å²) in [5.74, 6) is 1.94. The number of benzene rings is 1. The molecule has 2 aliphatic rings. The van der Waals surface area contributed by atoms with Crippen molar-refractivity contribution in [1.82, 2.24) is 14.8 Å². The molecule has 1 aromatic carbocycles. The van der Waals surface area contributed by atoms with Gasteiger partial charge in [0.05, 0.1) is 28.4 Å². The molecule has 0 bridgehead atoms. The van der Waals surface area contributed by atoms with Crippen LogP contribution in [0.2, 0.25) is 5.15 Å². The van der Waals surface area contributed by atoms with Crippen LogP contribution in [-0.2, 0) is 4.79 Å². The number of rotatable bonds is 7. The molecule has 0 N–H and O–H groups in total. The Labute approximate surface area is 228 Å². The van der Waals surface area contributed by atoms with E-state index in [0.29, 0.717) is 60.4 Å². The van der Waals surface area contributed by atoms with Crippen molar-refractivity contribution >= 4 is 29.5 Å². The molecule has 2 aromatic rings. The number of hydrogen-bond donors (Lipinski definition) is 0. The Morgan fingerprint density at radius 3 is 2.08 bits per heavy atom. The molecule has 2 amide bonds. The van der Waals surface area contributed by atoms with E-state index in [9.17, 15) is 9.59 Å². The van der Waals surface area contributed by atoms with Crippen LogP contribution >= 0.6 is 11.6 Å². The summed E-state index contributed by atoms with van der Waals surface area (Å²) in [4.78, 5) is 34.3. The Morgan fingerprint density at radius 1 is 0.868 bits per heavy atom. The van der Waals surface area contributed by atoms with Gasteiger partial charge in [-0.05, 0) is 49.8 Å². The highest BCUT2D eigenvalue weighted by atomic mass is 35.5. The number of aromatic nitrogens is 1. The van der Waals surface area contributed by atoms with Gasteiger partial charge in [0.25, 0.3) is 5.91 Å². The van der Waals surface area contributed by atoms with Crippen molar-refractivity contribution in [3.8, 4) is 23.1 Å². The maximum absolute atomic E-state index is 13.4. The highest BCUT2D eigenvalue weighted by Crippen LogP contribution is 2.41. The van der Waals surface area contributed by atoms with Crippen LogP contribution in [0.5, 0.6) is 23.1 Å². The third-order valence-electron chi connectivity index (χ3n) is 7.51. The van der Waals surface area contributed by atoms with Crippen LogP contribution in [0, 0.1) is 5.41 Å². The van der Waals surface area contributed by atoms with Crippen LogP contribution in [0.3, 0.4) is 0 Å². The summed E-state index contributed by atoms with van der Waals surface area (Å²) in [5.41, 5.74) is 1.84. The zero-order valence-corrected chi connectivity index (χ0v) is 23.3. The van der Waals surface area contributed by atoms with Crippen LogP contribution in [0.4, 0.5) is 0 Å². The van der Waals surface area contributed by atoms with Gasteiger partial charge in [-0.15, -0.1) is 0 Å². The standard InChI is InChI=1S/C28H34ClN3O6/c1-18(12-19-13-22(36-3)23(37-4)16-21(19)35-2)26(33)32-11-8-28(17-32)6-9-31(10-7-28)27(34)20-14-24(29)30-25(15-20)38-5/h12-16H,6-11,17H2,1-5H3.